The van der Waals surface area contributed by atoms with Gasteiger partial charge in [-0.25, -0.2) is 9.37 Å². The molecule has 3 N–H and O–H groups in total. The summed E-state index contributed by atoms with van der Waals surface area (Å²) in [7, 11) is 1.59. The average molecular weight is 438 g/mol. The van der Waals surface area contributed by atoms with Crippen LogP contribution < -0.4 is 10.1 Å². The lowest BCUT2D eigenvalue weighted by molar-refractivity contribution is -0.138. The predicted octanol–water partition coefficient (Wildman–Crippen LogP) is 4.71. The third-order valence-electron chi connectivity index (χ3n) is 7.08. The van der Waals surface area contributed by atoms with Crippen LogP contribution in [0, 0.1) is 17.7 Å². The van der Waals surface area contributed by atoms with Crippen molar-refractivity contribution >= 4 is 17.0 Å². The fourth-order valence-electron chi connectivity index (χ4n) is 5.09. The molecule has 2 aromatic heterocycles. The van der Waals surface area contributed by atoms with Gasteiger partial charge < -0.3 is 20.1 Å². The number of ether oxygens (including phenoxy) is 1. The lowest BCUT2D eigenvalue weighted by atomic mass is 9.84. The fraction of sp³-hybridized carbons (Fsp3) is 0.440. The summed E-state index contributed by atoms with van der Waals surface area (Å²) in [6.45, 7) is 0.807. The van der Waals surface area contributed by atoms with Gasteiger partial charge in [0.15, 0.2) is 0 Å². The number of carbonyl (C=O) groups is 1. The number of fused-ring (bicyclic) bond motifs is 1. The molecule has 2 aliphatic carbocycles. The number of aromatic nitrogens is 2. The molecular formula is C25H28FN3O3. The number of aliphatic carboxylic acids is 1. The van der Waals surface area contributed by atoms with Crippen LogP contribution in [-0.4, -0.2) is 40.7 Å². The highest BCUT2D eigenvalue weighted by Gasteiger charge is 2.43. The fourth-order valence-corrected chi connectivity index (χ4v) is 5.09. The SMILES string of the molecule is COc1ccc(F)cc1-c1ccnc2[nH]c([C@H]3CC[C@H](NCC4CC4C(=O)O)CC3)cc12. The molecule has 168 valence electrons. The van der Waals surface area contributed by atoms with E-state index in [2.05, 4.69) is 21.4 Å². The zero-order valence-corrected chi connectivity index (χ0v) is 18.1. The second kappa shape index (κ2) is 8.54. The summed E-state index contributed by atoms with van der Waals surface area (Å²) < 4.78 is 19.4. The number of carboxylic acid groups (broad SMARTS) is 1. The quantitative estimate of drug-likeness (QED) is 0.498. The Labute approximate surface area is 186 Å². The van der Waals surface area contributed by atoms with E-state index in [1.54, 1.807) is 19.4 Å². The minimum absolute atomic E-state index is 0.149. The maximum absolute atomic E-state index is 14.0. The van der Waals surface area contributed by atoms with Crippen molar-refractivity contribution in [3.05, 3.63) is 48.0 Å². The minimum Gasteiger partial charge on any atom is -0.496 e. The van der Waals surface area contributed by atoms with E-state index >= 15 is 0 Å². The summed E-state index contributed by atoms with van der Waals surface area (Å²) in [5.74, 6) is 0.245. The maximum atomic E-state index is 14.0. The summed E-state index contributed by atoms with van der Waals surface area (Å²) in [6.07, 6.45) is 6.82. The van der Waals surface area contributed by atoms with E-state index in [-0.39, 0.29) is 11.7 Å². The van der Waals surface area contributed by atoms with Crippen molar-refractivity contribution in [3.8, 4) is 16.9 Å². The molecule has 7 heteroatoms. The highest BCUT2D eigenvalue weighted by molar-refractivity contribution is 5.95. The highest BCUT2D eigenvalue weighted by atomic mass is 19.1. The molecule has 2 fully saturated rings. The normalized spacial score (nSPS) is 25.1. The molecule has 2 aliphatic rings. The summed E-state index contributed by atoms with van der Waals surface area (Å²) in [6, 6.07) is 9.07. The first kappa shape index (κ1) is 20.9. The van der Waals surface area contributed by atoms with Crippen molar-refractivity contribution in [2.75, 3.05) is 13.7 Å². The van der Waals surface area contributed by atoms with Crippen LogP contribution in [0.25, 0.3) is 22.2 Å². The molecule has 32 heavy (non-hydrogen) atoms. The van der Waals surface area contributed by atoms with E-state index in [9.17, 15) is 9.18 Å². The van der Waals surface area contributed by atoms with E-state index in [0.717, 1.165) is 60.8 Å². The number of hydrogen-bond acceptors (Lipinski definition) is 4. The molecule has 2 saturated carbocycles. The van der Waals surface area contributed by atoms with Crippen LogP contribution in [0.1, 0.15) is 43.7 Å². The van der Waals surface area contributed by atoms with Gasteiger partial charge >= 0.3 is 5.97 Å². The minimum atomic E-state index is -0.664. The topological polar surface area (TPSA) is 87.2 Å². The summed E-state index contributed by atoms with van der Waals surface area (Å²) in [4.78, 5) is 19.0. The van der Waals surface area contributed by atoms with Crippen LogP contribution >= 0.6 is 0 Å². The molecule has 0 bridgehead atoms. The number of rotatable bonds is 7. The monoisotopic (exact) mass is 437 g/mol. The maximum Gasteiger partial charge on any atom is 0.306 e. The number of nitrogens with one attached hydrogen (secondary N) is 2. The number of carboxylic acids is 1. The van der Waals surface area contributed by atoms with Crippen LogP contribution in [0.4, 0.5) is 4.39 Å². The first-order valence-electron chi connectivity index (χ1n) is 11.3. The van der Waals surface area contributed by atoms with Crippen molar-refractivity contribution in [3.63, 3.8) is 0 Å². The standard InChI is InChI=1S/C25H28FN3O3/c1-32-23-7-4-16(26)11-20(23)18-8-9-27-24-21(18)12-22(29-24)14-2-5-17(6-3-14)28-13-15-10-19(15)25(30)31/h4,7-9,11-12,14-15,17,19,28H,2-3,5-6,10,13H2,1H3,(H,27,29)(H,30,31)/t14-,15?,17-,19?. The number of pyridine rings is 1. The number of nitrogens with zero attached hydrogens (tertiary/aromatic N) is 1. The molecule has 5 rings (SSSR count). The molecule has 0 spiro atoms. The third kappa shape index (κ3) is 4.09. The average Bonchev–Trinajstić information content (AvgIpc) is 3.46. The molecule has 2 heterocycles. The first-order chi connectivity index (χ1) is 15.5. The second-order valence-electron chi connectivity index (χ2n) is 9.09. The molecule has 3 aromatic rings. The Hall–Kier alpha value is -2.93. The summed E-state index contributed by atoms with van der Waals surface area (Å²) >= 11 is 0. The summed E-state index contributed by atoms with van der Waals surface area (Å²) in [5, 5.41) is 13.6. The van der Waals surface area contributed by atoms with Crippen molar-refractivity contribution < 1.29 is 19.0 Å². The smallest absolute Gasteiger partial charge is 0.306 e. The molecule has 0 radical (unpaired) electrons. The van der Waals surface area contributed by atoms with E-state index in [1.165, 1.54) is 17.8 Å². The Kier molecular flexibility index (Phi) is 5.59. The van der Waals surface area contributed by atoms with Gasteiger partial charge in [-0.3, -0.25) is 4.79 Å². The Bertz CT molecular complexity index is 1140. The van der Waals surface area contributed by atoms with Crippen molar-refractivity contribution in [1.29, 1.82) is 0 Å². The Morgan fingerprint density at radius 3 is 2.75 bits per heavy atom. The molecule has 0 amide bonds. The van der Waals surface area contributed by atoms with E-state index < -0.39 is 5.97 Å². The summed E-state index contributed by atoms with van der Waals surface area (Å²) in [5.41, 5.74) is 3.60. The number of benzene rings is 1. The lowest BCUT2D eigenvalue weighted by Crippen LogP contribution is -2.34. The third-order valence-corrected chi connectivity index (χ3v) is 7.08. The number of aromatic amines is 1. The van der Waals surface area contributed by atoms with E-state index in [0.29, 0.717) is 23.6 Å². The van der Waals surface area contributed by atoms with Crippen LogP contribution in [0.5, 0.6) is 5.75 Å². The number of methoxy groups -OCH3 is 1. The molecule has 2 unspecified atom stereocenters. The Balaban J connectivity index is 1.29. The van der Waals surface area contributed by atoms with Crippen molar-refractivity contribution in [2.24, 2.45) is 11.8 Å². The van der Waals surface area contributed by atoms with Crippen LogP contribution in [0.15, 0.2) is 36.5 Å². The van der Waals surface area contributed by atoms with E-state index in [1.807, 2.05) is 6.07 Å². The van der Waals surface area contributed by atoms with Crippen LogP contribution in [0.3, 0.4) is 0 Å². The van der Waals surface area contributed by atoms with Crippen molar-refractivity contribution in [1.82, 2.24) is 15.3 Å². The van der Waals surface area contributed by atoms with Gasteiger partial charge in [0, 0.05) is 28.9 Å². The van der Waals surface area contributed by atoms with Gasteiger partial charge in [0.05, 0.1) is 13.0 Å². The molecule has 1 aromatic carbocycles. The van der Waals surface area contributed by atoms with Gasteiger partial charge in [-0.1, -0.05) is 0 Å². The van der Waals surface area contributed by atoms with Crippen LogP contribution in [0.2, 0.25) is 0 Å². The predicted molar refractivity (Wildman–Crippen MR) is 120 cm³/mol. The van der Waals surface area contributed by atoms with Gasteiger partial charge in [0.25, 0.3) is 0 Å². The molecule has 0 saturated heterocycles. The molecule has 2 atom stereocenters. The lowest BCUT2D eigenvalue weighted by Gasteiger charge is -2.28. The Morgan fingerprint density at radius 1 is 1.22 bits per heavy atom. The second-order valence-corrected chi connectivity index (χ2v) is 9.09. The first-order valence-corrected chi connectivity index (χ1v) is 11.3. The van der Waals surface area contributed by atoms with Gasteiger partial charge in [-0.05, 0) is 86.4 Å². The molecular weight excluding hydrogens is 409 g/mol. The molecule has 6 nitrogen and oxygen atoms in total. The van der Waals surface area contributed by atoms with E-state index in [4.69, 9.17) is 9.84 Å². The van der Waals surface area contributed by atoms with Gasteiger partial charge in [0.2, 0.25) is 0 Å². The zero-order valence-electron chi connectivity index (χ0n) is 18.1. The number of hydrogen-bond donors (Lipinski definition) is 3. The highest BCUT2D eigenvalue weighted by Crippen LogP contribution is 2.40. The van der Waals surface area contributed by atoms with Crippen molar-refractivity contribution in [2.45, 2.75) is 44.1 Å². The zero-order chi connectivity index (χ0) is 22.2. The number of halogens is 1. The Morgan fingerprint density at radius 2 is 2.03 bits per heavy atom. The number of H-pyrrole nitrogens is 1. The largest absolute Gasteiger partial charge is 0.496 e. The van der Waals surface area contributed by atoms with Gasteiger partial charge in [0.1, 0.15) is 17.2 Å². The van der Waals surface area contributed by atoms with Gasteiger partial charge in [-0.15, -0.1) is 0 Å². The van der Waals surface area contributed by atoms with Gasteiger partial charge in [-0.2, -0.15) is 0 Å². The molecule has 0 aliphatic heterocycles. The van der Waals surface area contributed by atoms with Crippen LogP contribution in [-0.2, 0) is 4.79 Å².